The van der Waals surface area contributed by atoms with E-state index < -0.39 is 28.5 Å². The zero-order chi connectivity index (χ0) is 27.7. The Morgan fingerprint density at radius 1 is 0.921 bits per heavy atom. The van der Waals surface area contributed by atoms with Gasteiger partial charge >= 0.3 is 0 Å². The Hall–Kier alpha value is -3.07. The molecule has 1 atom stereocenters. The van der Waals surface area contributed by atoms with Gasteiger partial charge in [0.15, 0.2) is 0 Å². The maximum atomic E-state index is 13.9. The molecule has 3 aromatic carbocycles. The number of halogens is 2. The van der Waals surface area contributed by atoms with Crippen molar-refractivity contribution in [3.8, 4) is 0 Å². The number of nitrogens with zero attached hydrogens (tertiary/aromatic N) is 2. The molecule has 2 amide bonds. The van der Waals surface area contributed by atoms with E-state index in [9.17, 15) is 18.0 Å². The molecule has 1 N–H and O–H groups in total. The van der Waals surface area contributed by atoms with Gasteiger partial charge in [-0.15, -0.1) is 0 Å². The summed E-state index contributed by atoms with van der Waals surface area (Å²) in [6, 6.07) is 22.2. The van der Waals surface area contributed by atoms with Gasteiger partial charge in [0.05, 0.1) is 17.0 Å². The van der Waals surface area contributed by atoms with Gasteiger partial charge in [-0.3, -0.25) is 13.9 Å². The van der Waals surface area contributed by atoms with Crippen LogP contribution in [0.5, 0.6) is 0 Å². The standard InChI is InChI=1S/C28H31Cl2N3O4S/c1-3-16-31-28(35)26(17-21-10-6-4-7-11-21)32(19-22-12-8-5-9-13-22)27(34)20-33(38(2,36)37)25-18-23(29)14-15-24(25)30/h4-15,18,26H,3,16-17,19-20H2,1-2H3,(H,31,35)/t26-/m1/s1. The molecule has 10 heteroatoms. The van der Waals surface area contributed by atoms with Gasteiger partial charge in [-0.25, -0.2) is 8.42 Å². The highest BCUT2D eigenvalue weighted by Crippen LogP contribution is 2.31. The summed E-state index contributed by atoms with van der Waals surface area (Å²) in [4.78, 5) is 28.8. The molecule has 0 spiro atoms. The maximum absolute atomic E-state index is 13.9. The third-order valence-corrected chi connectivity index (χ3v) is 7.55. The quantitative estimate of drug-likeness (QED) is 0.332. The minimum atomic E-state index is -3.94. The number of carbonyl (C=O) groups is 2. The van der Waals surface area contributed by atoms with Crippen LogP contribution in [0.3, 0.4) is 0 Å². The van der Waals surface area contributed by atoms with Crippen molar-refractivity contribution in [2.45, 2.75) is 32.4 Å². The van der Waals surface area contributed by atoms with Crippen molar-refractivity contribution in [3.63, 3.8) is 0 Å². The Morgan fingerprint density at radius 3 is 2.11 bits per heavy atom. The number of rotatable bonds is 12. The molecule has 3 rings (SSSR count). The normalized spacial score (nSPS) is 12.0. The van der Waals surface area contributed by atoms with Crippen LogP contribution >= 0.6 is 23.2 Å². The van der Waals surface area contributed by atoms with E-state index in [0.717, 1.165) is 28.1 Å². The van der Waals surface area contributed by atoms with E-state index in [2.05, 4.69) is 5.32 Å². The second-order valence-corrected chi connectivity index (χ2v) is 11.6. The van der Waals surface area contributed by atoms with Crippen molar-refractivity contribution < 1.29 is 18.0 Å². The second kappa shape index (κ2) is 13.6. The predicted octanol–water partition coefficient (Wildman–Crippen LogP) is 4.93. The molecule has 0 unspecified atom stereocenters. The summed E-state index contributed by atoms with van der Waals surface area (Å²) >= 11 is 12.4. The summed E-state index contributed by atoms with van der Waals surface area (Å²) in [5, 5.41) is 3.30. The van der Waals surface area contributed by atoms with E-state index in [1.165, 1.54) is 23.1 Å². The van der Waals surface area contributed by atoms with Crippen LogP contribution in [0.2, 0.25) is 10.0 Å². The lowest BCUT2D eigenvalue weighted by Gasteiger charge is -2.33. The topological polar surface area (TPSA) is 86.8 Å². The summed E-state index contributed by atoms with van der Waals surface area (Å²) in [7, 11) is -3.94. The highest BCUT2D eigenvalue weighted by Gasteiger charge is 2.33. The lowest BCUT2D eigenvalue weighted by atomic mass is 10.0. The van der Waals surface area contributed by atoms with Crippen molar-refractivity contribution in [2.75, 3.05) is 23.7 Å². The van der Waals surface area contributed by atoms with Crippen LogP contribution in [0.15, 0.2) is 78.9 Å². The van der Waals surface area contributed by atoms with Crippen molar-refractivity contribution in [2.24, 2.45) is 0 Å². The molecule has 0 aromatic heterocycles. The van der Waals surface area contributed by atoms with E-state index in [1.54, 1.807) is 0 Å². The Labute approximate surface area is 234 Å². The first-order valence-electron chi connectivity index (χ1n) is 12.2. The third-order valence-electron chi connectivity index (χ3n) is 5.87. The highest BCUT2D eigenvalue weighted by molar-refractivity contribution is 7.92. The summed E-state index contributed by atoms with van der Waals surface area (Å²) in [6.45, 7) is 1.94. The molecule has 0 radical (unpaired) electrons. The Morgan fingerprint density at radius 2 is 1.53 bits per heavy atom. The molecule has 38 heavy (non-hydrogen) atoms. The van der Waals surface area contributed by atoms with E-state index >= 15 is 0 Å². The number of sulfonamides is 1. The fourth-order valence-electron chi connectivity index (χ4n) is 3.97. The largest absolute Gasteiger partial charge is 0.354 e. The summed E-state index contributed by atoms with van der Waals surface area (Å²) in [5.41, 5.74) is 1.76. The monoisotopic (exact) mass is 575 g/mol. The predicted molar refractivity (Wildman–Crippen MR) is 153 cm³/mol. The molecule has 0 saturated carbocycles. The second-order valence-electron chi connectivity index (χ2n) is 8.87. The van der Waals surface area contributed by atoms with Gasteiger partial charge in [-0.2, -0.15) is 0 Å². The molecule has 7 nitrogen and oxygen atoms in total. The first-order valence-corrected chi connectivity index (χ1v) is 14.8. The zero-order valence-corrected chi connectivity index (χ0v) is 23.6. The molecular weight excluding hydrogens is 545 g/mol. The summed E-state index contributed by atoms with van der Waals surface area (Å²) in [5.74, 6) is -0.866. The van der Waals surface area contributed by atoms with Gasteiger partial charge in [0.2, 0.25) is 21.8 Å². The fourth-order valence-corrected chi connectivity index (χ4v) is 5.26. The van der Waals surface area contributed by atoms with E-state index in [-0.39, 0.29) is 34.6 Å². The van der Waals surface area contributed by atoms with Crippen LogP contribution < -0.4 is 9.62 Å². The lowest BCUT2D eigenvalue weighted by molar-refractivity contribution is -0.140. The van der Waals surface area contributed by atoms with Gasteiger partial charge in [0.1, 0.15) is 12.6 Å². The summed E-state index contributed by atoms with van der Waals surface area (Å²) < 4.78 is 26.6. The number of amides is 2. The average molecular weight is 577 g/mol. The Balaban J connectivity index is 2.04. The molecule has 0 fully saturated rings. The highest BCUT2D eigenvalue weighted by atomic mass is 35.5. The molecule has 3 aromatic rings. The molecule has 202 valence electrons. The van der Waals surface area contributed by atoms with Gasteiger partial charge < -0.3 is 10.2 Å². The molecule has 0 saturated heterocycles. The first-order chi connectivity index (χ1) is 18.1. The molecular formula is C28H31Cl2N3O4S. The Bertz CT molecular complexity index is 1340. The smallest absolute Gasteiger partial charge is 0.244 e. The van der Waals surface area contributed by atoms with Crippen LogP contribution in [0.1, 0.15) is 24.5 Å². The number of nitrogens with one attached hydrogen (secondary N) is 1. The molecule has 0 aliphatic rings. The van der Waals surface area contributed by atoms with Crippen LogP contribution in [0.4, 0.5) is 5.69 Å². The van der Waals surface area contributed by atoms with Crippen LogP contribution in [0.25, 0.3) is 0 Å². The molecule has 0 aliphatic heterocycles. The third kappa shape index (κ3) is 8.21. The van der Waals surface area contributed by atoms with Gasteiger partial charge in [-0.1, -0.05) is 90.8 Å². The zero-order valence-electron chi connectivity index (χ0n) is 21.3. The minimum Gasteiger partial charge on any atom is -0.354 e. The van der Waals surface area contributed by atoms with Crippen LogP contribution in [-0.4, -0.2) is 50.5 Å². The Kier molecular flexibility index (Phi) is 10.6. The maximum Gasteiger partial charge on any atom is 0.244 e. The number of hydrogen-bond acceptors (Lipinski definition) is 4. The number of carbonyl (C=O) groups excluding carboxylic acids is 2. The molecule has 0 heterocycles. The summed E-state index contributed by atoms with van der Waals surface area (Å²) in [6.07, 6.45) is 1.98. The van der Waals surface area contributed by atoms with Crippen molar-refractivity contribution in [1.82, 2.24) is 10.2 Å². The van der Waals surface area contributed by atoms with Gasteiger partial charge in [0.25, 0.3) is 0 Å². The lowest BCUT2D eigenvalue weighted by Crippen LogP contribution is -2.53. The van der Waals surface area contributed by atoms with E-state index in [4.69, 9.17) is 23.2 Å². The molecule has 0 aliphatic carbocycles. The number of hydrogen-bond donors (Lipinski definition) is 1. The van der Waals surface area contributed by atoms with Gasteiger partial charge in [0, 0.05) is 24.5 Å². The van der Waals surface area contributed by atoms with E-state index in [0.29, 0.717) is 6.54 Å². The fraction of sp³-hybridized carbons (Fsp3) is 0.286. The molecule has 0 bridgehead atoms. The van der Waals surface area contributed by atoms with Crippen molar-refractivity contribution in [3.05, 3.63) is 100 Å². The first kappa shape index (κ1) is 29.5. The van der Waals surface area contributed by atoms with Crippen molar-refractivity contribution in [1.29, 1.82) is 0 Å². The van der Waals surface area contributed by atoms with Gasteiger partial charge in [-0.05, 0) is 35.7 Å². The number of anilines is 1. The number of benzene rings is 3. The average Bonchev–Trinajstić information content (AvgIpc) is 2.89. The SMILES string of the molecule is CCCNC(=O)[C@@H](Cc1ccccc1)N(Cc1ccccc1)C(=O)CN(c1cc(Cl)ccc1Cl)S(C)(=O)=O. The van der Waals surface area contributed by atoms with Crippen LogP contribution in [-0.2, 0) is 32.6 Å². The van der Waals surface area contributed by atoms with Crippen molar-refractivity contribution >= 4 is 50.7 Å². The van der Waals surface area contributed by atoms with E-state index in [1.807, 2.05) is 67.6 Å². The minimum absolute atomic E-state index is 0.0877. The van der Waals surface area contributed by atoms with Crippen LogP contribution in [0, 0.1) is 0 Å².